The topological polar surface area (TPSA) is 64.6 Å². The van der Waals surface area contributed by atoms with Gasteiger partial charge in [-0.25, -0.2) is 4.79 Å². The van der Waals surface area contributed by atoms with Crippen LogP contribution in [0, 0.1) is 0 Å². The second-order valence-electron chi connectivity index (χ2n) is 5.66. The van der Waals surface area contributed by atoms with E-state index in [4.69, 9.17) is 0 Å². The third-order valence-electron chi connectivity index (χ3n) is 3.70. The zero-order valence-corrected chi connectivity index (χ0v) is 12.9. The second-order valence-corrected chi connectivity index (χ2v) is 6.60. The van der Waals surface area contributed by atoms with E-state index in [2.05, 4.69) is 22.6 Å². The van der Waals surface area contributed by atoms with Crippen LogP contribution in [0.25, 0.3) is 0 Å². The van der Waals surface area contributed by atoms with Gasteiger partial charge in [-0.2, -0.15) is 0 Å². The molecule has 1 atom stereocenters. The van der Waals surface area contributed by atoms with Crippen molar-refractivity contribution in [1.29, 1.82) is 0 Å². The van der Waals surface area contributed by atoms with Gasteiger partial charge in [-0.1, -0.05) is 6.07 Å². The number of hydrogen-bond donors (Lipinski definition) is 3. The van der Waals surface area contributed by atoms with E-state index < -0.39 is 5.60 Å². The first-order valence-corrected chi connectivity index (χ1v) is 7.84. The Morgan fingerprint density at radius 1 is 1.55 bits per heavy atom. The molecule has 1 aromatic rings. The molecule has 1 aromatic heterocycles. The van der Waals surface area contributed by atoms with Gasteiger partial charge in [0.15, 0.2) is 0 Å². The van der Waals surface area contributed by atoms with Gasteiger partial charge >= 0.3 is 6.03 Å². The molecule has 2 rings (SSSR count). The van der Waals surface area contributed by atoms with E-state index in [1.807, 2.05) is 17.5 Å². The summed E-state index contributed by atoms with van der Waals surface area (Å²) < 4.78 is 0. The van der Waals surface area contributed by atoms with E-state index in [-0.39, 0.29) is 18.6 Å². The number of urea groups is 1. The maximum Gasteiger partial charge on any atom is 0.315 e. The van der Waals surface area contributed by atoms with Crippen LogP contribution in [-0.4, -0.2) is 48.8 Å². The zero-order chi connectivity index (χ0) is 14.6. The summed E-state index contributed by atoms with van der Waals surface area (Å²) in [6, 6.07) is 3.81. The predicted molar refractivity (Wildman–Crippen MR) is 80.9 cm³/mol. The quantitative estimate of drug-likeness (QED) is 0.786. The zero-order valence-electron chi connectivity index (χ0n) is 12.1. The highest BCUT2D eigenvalue weighted by atomic mass is 32.1. The lowest BCUT2D eigenvalue weighted by molar-refractivity contribution is 0.0628. The Bertz CT molecular complexity index is 426. The van der Waals surface area contributed by atoms with Crippen LogP contribution in [0.1, 0.15) is 24.6 Å². The minimum absolute atomic E-state index is 0.198. The number of carbonyl (C=O) groups is 1. The molecule has 6 heteroatoms. The molecule has 0 radical (unpaired) electrons. The van der Waals surface area contributed by atoms with Crippen LogP contribution in [0.2, 0.25) is 0 Å². The molecular formula is C14H23N3O2S. The largest absolute Gasteiger partial charge is 0.383 e. The van der Waals surface area contributed by atoms with Crippen molar-refractivity contribution in [2.45, 2.75) is 31.4 Å². The number of nitrogens with zero attached hydrogens (tertiary/aromatic N) is 1. The molecule has 3 N–H and O–H groups in total. The summed E-state index contributed by atoms with van der Waals surface area (Å²) in [5.74, 6) is 0. The first kappa shape index (κ1) is 15.3. The standard InChI is InChI=1S/C14H23N3O2S/c1-14(19,12-4-3-9-20-12)10-15-13(18)16-11-5-7-17(2)8-6-11/h3-4,9,11,19H,5-8,10H2,1-2H3,(H2,15,16,18). The summed E-state index contributed by atoms with van der Waals surface area (Å²) in [4.78, 5) is 15.0. The third-order valence-corrected chi connectivity index (χ3v) is 4.82. The minimum atomic E-state index is -1.02. The van der Waals surface area contributed by atoms with Crippen LogP contribution < -0.4 is 10.6 Å². The van der Waals surface area contributed by atoms with E-state index in [0.717, 1.165) is 30.8 Å². The SMILES string of the molecule is CN1CCC(NC(=O)NCC(C)(O)c2cccs2)CC1. The summed E-state index contributed by atoms with van der Waals surface area (Å²) in [5, 5.41) is 18.0. The maximum absolute atomic E-state index is 11.9. The highest BCUT2D eigenvalue weighted by Crippen LogP contribution is 2.24. The fourth-order valence-corrected chi connectivity index (χ4v) is 3.10. The normalized spacial score (nSPS) is 20.4. The Morgan fingerprint density at radius 2 is 2.25 bits per heavy atom. The highest BCUT2D eigenvalue weighted by Gasteiger charge is 2.25. The van der Waals surface area contributed by atoms with Crippen molar-refractivity contribution < 1.29 is 9.90 Å². The molecular weight excluding hydrogens is 274 g/mol. The molecule has 0 aliphatic carbocycles. The fourth-order valence-electron chi connectivity index (χ4n) is 2.31. The second kappa shape index (κ2) is 6.56. The van der Waals surface area contributed by atoms with Gasteiger partial charge in [0.2, 0.25) is 0 Å². The number of carbonyl (C=O) groups excluding carboxylic acids is 1. The summed E-state index contributed by atoms with van der Waals surface area (Å²) in [7, 11) is 2.09. The molecule has 0 bridgehead atoms. The first-order chi connectivity index (χ1) is 9.47. The van der Waals surface area contributed by atoms with Gasteiger partial charge in [0, 0.05) is 10.9 Å². The van der Waals surface area contributed by atoms with Gasteiger partial charge < -0.3 is 20.6 Å². The predicted octanol–water partition coefficient (Wildman–Crippen LogP) is 1.35. The number of nitrogens with one attached hydrogen (secondary N) is 2. The number of piperidine rings is 1. The molecule has 2 heterocycles. The lowest BCUT2D eigenvalue weighted by atomic mass is 10.1. The van der Waals surface area contributed by atoms with Crippen molar-refractivity contribution in [1.82, 2.24) is 15.5 Å². The Balaban J connectivity index is 1.75. The van der Waals surface area contributed by atoms with Crippen LogP contribution >= 0.6 is 11.3 Å². The summed E-state index contributed by atoms with van der Waals surface area (Å²) in [6.45, 7) is 3.95. The first-order valence-electron chi connectivity index (χ1n) is 6.96. The minimum Gasteiger partial charge on any atom is -0.383 e. The summed E-state index contributed by atoms with van der Waals surface area (Å²) in [6.07, 6.45) is 1.95. The molecule has 1 aliphatic rings. The molecule has 1 aliphatic heterocycles. The van der Waals surface area contributed by atoms with Crippen molar-refractivity contribution in [2.24, 2.45) is 0 Å². The van der Waals surface area contributed by atoms with Gasteiger partial charge in [-0.3, -0.25) is 0 Å². The average molecular weight is 297 g/mol. The lowest BCUT2D eigenvalue weighted by Crippen LogP contribution is -2.49. The molecule has 20 heavy (non-hydrogen) atoms. The van der Waals surface area contributed by atoms with Gasteiger partial charge in [-0.05, 0) is 51.3 Å². The molecule has 1 saturated heterocycles. The van der Waals surface area contributed by atoms with E-state index in [1.165, 1.54) is 11.3 Å². The monoisotopic (exact) mass is 297 g/mol. The van der Waals surface area contributed by atoms with Crippen molar-refractivity contribution >= 4 is 17.4 Å². The molecule has 1 unspecified atom stereocenters. The van der Waals surface area contributed by atoms with Gasteiger partial charge in [0.05, 0.1) is 6.54 Å². The number of rotatable bonds is 4. The fraction of sp³-hybridized carbons (Fsp3) is 0.643. The smallest absolute Gasteiger partial charge is 0.315 e. The molecule has 0 spiro atoms. The molecule has 0 aromatic carbocycles. The van der Waals surface area contributed by atoms with Crippen LogP contribution in [0.4, 0.5) is 4.79 Å². The molecule has 5 nitrogen and oxygen atoms in total. The van der Waals surface area contributed by atoms with Crippen molar-refractivity contribution in [2.75, 3.05) is 26.7 Å². The number of likely N-dealkylation sites (tertiary alicyclic amines) is 1. The highest BCUT2D eigenvalue weighted by molar-refractivity contribution is 7.10. The number of hydrogen-bond acceptors (Lipinski definition) is 4. The molecule has 1 fully saturated rings. The van der Waals surface area contributed by atoms with E-state index in [9.17, 15) is 9.90 Å². The van der Waals surface area contributed by atoms with Crippen LogP contribution in [0.3, 0.4) is 0 Å². The Morgan fingerprint density at radius 3 is 2.85 bits per heavy atom. The average Bonchev–Trinajstić information content (AvgIpc) is 2.94. The van der Waals surface area contributed by atoms with Gasteiger partial charge in [-0.15, -0.1) is 11.3 Å². The van der Waals surface area contributed by atoms with Crippen molar-refractivity contribution in [3.05, 3.63) is 22.4 Å². The molecule has 2 amide bonds. The summed E-state index contributed by atoms with van der Waals surface area (Å²) in [5.41, 5.74) is -1.02. The lowest BCUT2D eigenvalue weighted by Gasteiger charge is -2.30. The Hall–Kier alpha value is -1.11. The van der Waals surface area contributed by atoms with Gasteiger partial charge in [0.25, 0.3) is 0 Å². The molecule has 0 saturated carbocycles. The third kappa shape index (κ3) is 4.19. The molecule has 112 valence electrons. The Labute approximate surface area is 124 Å². The van der Waals surface area contributed by atoms with Crippen molar-refractivity contribution in [3.63, 3.8) is 0 Å². The van der Waals surface area contributed by atoms with Crippen LogP contribution in [0.5, 0.6) is 0 Å². The van der Waals surface area contributed by atoms with E-state index in [0.29, 0.717) is 0 Å². The maximum atomic E-state index is 11.9. The van der Waals surface area contributed by atoms with E-state index in [1.54, 1.807) is 6.92 Å². The van der Waals surface area contributed by atoms with Gasteiger partial charge in [0.1, 0.15) is 5.60 Å². The van der Waals surface area contributed by atoms with E-state index >= 15 is 0 Å². The van der Waals surface area contributed by atoms with Crippen LogP contribution in [0.15, 0.2) is 17.5 Å². The summed E-state index contributed by atoms with van der Waals surface area (Å²) >= 11 is 1.49. The number of thiophene rings is 1. The number of amides is 2. The van der Waals surface area contributed by atoms with Crippen LogP contribution in [-0.2, 0) is 5.60 Å². The van der Waals surface area contributed by atoms with Crippen molar-refractivity contribution in [3.8, 4) is 0 Å². The number of aliphatic hydroxyl groups is 1. The Kier molecular flexibility index (Phi) is 5.01.